The number of nitrogens with zero attached hydrogens (tertiary/aromatic N) is 1. The van der Waals surface area contributed by atoms with Crippen molar-refractivity contribution in [2.75, 3.05) is 16.8 Å². The molecule has 5 nitrogen and oxygen atoms in total. The molecule has 1 atom stereocenters. The number of hydrogen-bond donors (Lipinski definition) is 2. The first-order valence-electron chi connectivity index (χ1n) is 8.71. The summed E-state index contributed by atoms with van der Waals surface area (Å²) in [5.74, 6) is -0.452. The molecule has 0 unspecified atom stereocenters. The maximum absolute atomic E-state index is 13.1. The lowest BCUT2D eigenvalue weighted by Crippen LogP contribution is -2.39. The molecule has 2 N–H and O–H groups in total. The van der Waals surface area contributed by atoms with Gasteiger partial charge in [-0.3, -0.25) is 4.79 Å². The van der Waals surface area contributed by atoms with Gasteiger partial charge >= 0.3 is 6.03 Å². The third-order valence-electron chi connectivity index (χ3n) is 4.64. The molecule has 1 fully saturated rings. The van der Waals surface area contributed by atoms with E-state index in [1.165, 1.54) is 12.1 Å². The molecule has 3 amide bonds. The second-order valence-electron chi connectivity index (χ2n) is 6.51. The fraction of sp³-hybridized carbons (Fsp3) is 0.143. The van der Waals surface area contributed by atoms with E-state index in [4.69, 9.17) is 0 Å². The molecule has 6 heteroatoms. The lowest BCUT2D eigenvalue weighted by molar-refractivity contribution is -0.117. The summed E-state index contributed by atoms with van der Waals surface area (Å²) in [7, 11) is 0. The highest BCUT2D eigenvalue weighted by Crippen LogP contribution is 2.24. The van der Waals surface area contributed by atoms with Crippen LogP contribution in [0.15, 0.2) is 66.7 Å². The van der Waals surface area contributed by atoms with Gasteiger partial charge in [0.05, 0.1) is 11.7 Å². The second kappa shape index (κ2) is 7.07. The van der Waals surface area contributed by atoms with Crippen LogP contribution < -0.4 is 15.5 Å². The zero-order chi connectivity index (χ0) is 18.8. The van der Waals surface area contributed by atoms with Gasteiger partial charge < -0.3 is 15.5 Å². The monoisotopic (exact) mass is 363 g/mol. The van der Waals surface area contributed by atoms with E-state index >= 15 is 0 Å². The van der Waals surface area contributed by atoms with E-state index in [1.54, 1.807) is 17.0 Å². The quantitative estimate of drug-likeness (QED) is 0.741. The summed E-state index contributed by atoms with van der Waals surface area (Å²) >= 11 is 0. The Morgan fingerprint density at radius 1 is 1.00 bits per heavy atom. The summed E-state index contributed by atoms with van der Waals surface area (Å²) in [4.78, 5) is 26.2. The van der Waals surface area contributed by atoms with Crippen LogP contribution in [0, 0.1) is 5.82 Å². The number of halogens is 1. The summed E-state index contributed by atoms with van der Waals surface area (Å²) in [5.41, 5.74) is 1.34. The van der Waals surface area contributed by atoms with Crippen molar-refractivity contribution < 1.29 is 14.0 Å². The molecule has 1 aliphatic rings. The Morgan fingerprint density at radius 3 is 2.56 bits per heavy atom. The van der Waals surface area contributed by atoms with Crippen LogP contribution in [0.3, 0.4) is 0 Å². The Bertz CT molecular complexity index is 998. The Kier molecular flexibility index (Phi) is 4.46. The number of anilines is 2. The standard InChI is InChI=1S/C21H18FN3O2/c22-15-8-10-17(11-9-15)25-13-16(12-20(25)26)23-21(27)24-19-7-3-5-14-4-1-2-6-18(14)19/h1-11,16H,12-13H2,(H2,23,24,27)/t16-/m0/s1. The van der Waals surface area contributed by atoms with Gasteiger partial charge in [-0.2, -0.15) is 0 Å². The van der Waals surface area contributed by atoms with Gasteiger partial charge in [-0.25, -0.2) is 9.18 Å². The molecule has 1 heterocycles. The van der Waals surface area contributed by atoms with Crippen LogP contribution in [-0.2, 0) is 4.79 Å². The third kappa shape index (κ3) is 3.60. The molecule has 0 spiro atoms. The van der Waals surface area contributed by atoms with Crippen molar-refractivity contribution in [1.29, 1.82) is 0 Å². The summed E-state index contributed by atoms with van der Waals surface area (Å²) in [5, 5.41) is 7.69. The van der Waals surface area contributed by atoms with Crippen LogP contribution >= 0.6 is 0 Å². The van der Waals surface area contributed by atoms with Gasteiger partial charge in [-0.05, 0) is 35.7 Å². The zero-order valence-corrected chi connectivity index (χ0v) is 14.5. The minimum absolute atomic E-state index is 0.0999. The van der Waals surface area contributed by atoms with E-state index in [1.807, 2.05) is 42.5 Å². The van der Waals surface area contributed by atoms with Crippen molar-refractivity contribution in [2.24, 2.45) is 0 Å². The Hall–Kier alpha value is -3.41. The molecule has 4 rings (SSSR count). The lowest BCUT2D eigenvalue weighted by atomic mass is 10.1. The summed E-state index contributed by atoms with van der Waals surface area (Å²) < 4.78 is 13.1. The fourth-order valence-electron chi connectivity index (χ4n) is 3.35. The predicted molar refractivity (Wildman–Crippen MR) is 103 cm³/mol. The lowest BCUT2D eigenvalue weighted by Gasteiger charge is -2.17. The SMILES string of the molecule is O=C(Nc1cccc2ccccc12)N[C@H]1CC(=O)N(c2ccc(F)cc2)C1. The highest BCUT2D eigenvalue weighted by Gasteiger charge is 2.31. The van der Waals surface area contributed by atoms with Crippen LogP contribution in [0.1, 0.15) is 6.42 Å². The number of benzene rings is 3. The van der Waals surface area contributed by atoms with Crippen molar-refractivity contribution in [2.45, 2.75) is 12.5 Å². The molecular weight excluding hydrogens is 345 g/mol. The molecule has 3 aromatic rings. The van der Waals surface area contributed by atoms with Crippen LogP contribution in [0.25, 0.3) is 10.8 Å². The van der Waals surface area contributed by atoms with Crippen molar-refractivity contribution >= 4 is 34.1 Å². The highest BCUT2D eigenvalue weighted by molar-refractivity contribution is 6.02. The molecule has 3 aromatic carbocycles. The van der Waals surface area contributed by atoms with Crippen molar-refractivity contribution in [3.63, 3.8) is 0 Å². The first kappa shape index (κ1) is 17.0. The number of amides is 3. The molecule has 0 aliphatic carbocycles. The average Bonchev–Trinajstić information content (AvgIpc) is 3.02. The molecule has 0 saturated carbocycles. The van der Waals surface area contributed by atoms with Crippen LogP contribution in [0.2, 0.25) is 0 Å². The molecule has 0 aromatic heterocycles. The number of urea groups is 1. The number of rotatable bonds is 3. The van der Waals surface area contributed by atoms with Crippen molar-refractivity contribution in [3.8, 4) is 0 Å². The van der Waals surface area contributed by atoms with Gasteiger partial charge in [0.2, 0.25) is 5.91 Å². The van der Waals surface area contributed by atoms with Gasteiger partial charge in [-0.1, -0.05) is 36.4 Å². The Morgan fingerprint density at radius 2 is 1.74 bits per heavy atom. The summed E-state index contributed by atoms with van der Waals surface area (Å²) in [6.07, 6.45) is 0.209. The summed E-state index contributed by atoms with van der Waals surface area (Å²) in [6, 6.07) is 18.6. The van der Waals surface area contributed by atoms with Gasteiger partial charge in [0.15, 0.2) is 0 Å². The zero-order valence-electron chi connectivity index (χ0n) is 14.5. The number of carbonyl (C=O) groups excluding carboxylic acids is 2. The molecule has 1 saturated heterocycles. The van der Waals surface area contributed by atoms with Crippen LogP contribution in [0.4, 0.5) is 20.6 Å². The van der Waals surface area contributed by atoms with Gasteiger partial charge in [0.1, 0.15) is 5.82 Å². The van der Waals surface area contributed by atoms with E-state index in [2.05, 4.69) is 10.6 Å². The molecular formula is C21H18FN3O2. The molecule has 0 bridgehead atoms. The first-order valence-corrected chi connectivity index (χ1v) is 8.71. The normalized spacial score (nSPS) is 16.6. The van der Waals surface area contributed by atoms with Crippen molar-refractivity contribution in [3.05, 3.63) is 72.5 Å². The Labute approximate surface area is 155 Å². The maximum Gasteiger partial charge on any atom is 0.319 e. The second-order valence-corrected chi connectivity index (χ2v) is 6.51. The number of fused-ring (bicyclic) bond motifs is 1. The largest absolute Gasteiger partial charge is 0.333 e. The van der Waals surface area contributed by atoms with Crippen LogP contribution in [-0.4, -0.2) is 24.5 Å². The van der Waals surface area contributed by atoms with E-state index in [0.29, 0.717) is 17.9 Å². The van der Waals surface area contributed by atoms with Gasteiger partial charge in [0.25, 0.3) is 0 Å². The fourth-order valence-corrected chi connectivity index (χ4v) is 3.35. The Balaban J connectivity index is 1.43. The highest BCUT2D eigenvalue weighted by atomic mass is 19.1. The van der Waals surface area contributed by atoms with Gasteiger partial charge in [0, 0.05) is 24.0 Å². The average molecular weight is 363 g/mol. The molecule has 136 valence electrons. The van der Waals surface area contributed by atoms with Gasteiger partial charge in [-0.15, -0.1) is 0 Å². The number of hydrogen-bond acceptors (Lipinski definition) is 2. The molecule has 1 aliphatic heterocycles. The van der Waals surface area contributed by atoms with Crippen molar-refractivity contribution in [1.82, 2.24) is 5.32 Å². The number of carbonyl (C=O) groups is 2. The maximum atomic E-state index is 13.1. The summed E-state index contributed by atoms with van der Waals surface area (Å²) in [6.45, 7) is 0.355. The molecule has 0 radical (unpaired) electrons. The smallest absolute Gasteiger partial charge is 0.319 e. The third-order valence-corrected chi connectivity index (χ3v) is 4.64. The van der Waals surface area contributed by atoms with E-state index in [-0.39, 0.29) is 30.2 Å². The minimum Gasteiger partial charge on any atom is -0.333 e. The molecule has 27 heavy (non-hydrogen) atoms. The van der Waals surface area contributed by atoms with E-state index in [9.17, 15) is 14.0 Å². The van der Waals surface area contributed by atoms with E-state index in [0.717, 1.165) is 10.8 Å². The first-order chi connectivity index (χ1) is 13.1. The van der Waals surface area contributed by atoms with Crippen LogP contribution in [0.5, 0.6) is 0 Å². The predicted octanol–water partition coefficient (Wildman–Crippen LogP) is 3.91. The number of nitrogens with one attached hydrogen (secondary N) is 2. The minimum atomic E-state index is -0.356. The van der Waals surface area contributed by atoms with E-state index < -0.39 is 0 Å². The topological polar surface area (TPSA) is 61.4 Å².